The molecule has 1 N–H and O–H groups in total. The van der Waals surface area contributed by atoms with E-state index in [2.05, 4.69) is 4.72 Å². The Hall–Kier alpha value is -2.35. The van der Waals surface area contributed by atoms with Crippen LogP contribution >= 0.6 is 11.3 Å². The number of Topliss-reactive ketones (excluding diaryl/α,β-unsaturated/α-hetero) is 1. The van der Waals surface area contributed by atoms with E-state index in [0.717, 1.165) is 23.3 Å². The van der Waals surface area contributed by atoms with E-state index in [-0.39, 0.29) is 0 Å². The van der Waals surface area contributed by atoms with Crippen molar-refractivity contribution in [2.24, 2.45) is 0 Å². The van der Waals surface area contributed by atoms with Crippen LogP contribution in [0.15, 0.2) is 70.3 Å². The molecule has 25 heavy (non-hydrogen) atoms. The summed E-state index contributed by atoms with van der Waals surface area (Å²) in [6, 6.07) is 13.9. The Morgan fingerprint density at radius 2 is 1.84 bits per heavy atom. The first kappa shape index (κ1) is 17.5. The molecule has 1 aromatic heterocycles. The number of thiophene rings is 1. The summed E-state index contributed by atoms with van der Waals surface area (Å²) >= 11 is 1.55. The van der Waals surface area contributed by atoms with E-state index in [4.69, 9.17) is 0 Å². The number of rotatable bonds is 6. The molecule has 0 aliphatic rings. The number of halogens is 1. The molecule has 0 unspecified atom stereocenters. The van der Waals surface area contributed by atoms with Gasteiger partial charge in [-0.05, 0) is 46.2 Å². The molecule has 0 amide bonds. The fraction of sp³-hybridized carbons (Fsp3) is 0.0556. The van der Waals surface area contributed by atoms with Crippen molar-refractivity contribution in [1.82, 2.24) is 4.72 Å². The molecule has 0 bridgehead atoms. The number of hydrogen-bond donors (Lipinski definition) is 1. The first-order valence-electron chi connectivity index (χ1n) is 7.37. The van der Waals surface area contributed by atoms with Gasteiger partial charge in [0.2, 0.25) is 10.0 Å². The average molecular weight is 375 g/mol. The predicted molar refractivity (Wildman–Crippen MR) is 95.7 cm³/mol. The monoisotopic (exact) mass is 375 g/mol. The Morgan fingerprint density at radius 3 is 2.56 bits per heavy atom. The number of carbonyl (C=O) groups is 1. The molecule has 0 aliphatic heterocycles. The predicted octanol–water partition coefficient (Wildman–Crippen LogP) is 3.72. The topological polar surface area (TPSA) is 63.2 Å². The second-order valence-electron chi connectivity index (χ2n) is 5.27. The Balaban J connectivity index is 1.75. The van der Waals surface area contributed by atoms with Gasteiger partial charge in [0, 0.05) is 5.56 Å². The Morgan fingerprint density at radius 1 is 1.04 bits per heavy atom. The van der Waals surface area contributed by atoms with Gasteiger partial charge < -0.3 is 0 Å². The van der Waals surface area contributed by atoms with E-state index < -0.39 is 33.1 Å². The van der Waals surface area contributed by atoms with Crippen LogP contribution in [0.3, 0.4) is 0 Å². The van der Waals surface area contributed by atoms with Crippen LogP contribution in [0.2, 0.25) is 0 Å². The fourth-order valence-electron chi connectivity index (χ4n) is 2.30. The minimum atomic E-state index is -4.09. The molecule has 4 nitrogen and oxygen atoms in total. The molecule has 0 saturated heterocycles. The number of benzene rings is 2. The van der Waals surface area contributed by atoms with Crippen molar-refractivity contribution >= 4 is 27.1 Å². The molecule has 7 heteroatoms. The van der Waals surface area contributed by atoms with Gasteiger partial charge in [0.25, 0.3) is 0 Å². The third-order valence-corrected chi connectivity index (χ3v) is 5.71. The number of nitrogens with one attached hydrogen (secondary N) is 1. The maximum absolute atomic E-state index is 13.6. The lowest BCUT2D eigenvalue weighted by Crippen LogP contribution is -2.30. The van der Waals surface area contributed by atoms with Crippen molar-refractivity contribution in [2.45, 2.75) is 4.90 Å². The lowest BCUT2D eigenvalue weighted by atomic mass is 10.0. The Kier molecular flexibility index (Phi) is 5.08. The summed E-state index contributed by atoms with van der Waals surface area (Å²) in [7, 11) is -4.09. The van der Waals surface area contributed by atoms with Crippen molar-refractivity contribution in [3.63, 3.8) is 0 Å². The summed E-state index contributed by atoms with van der Waals surface area (Å²) in [6.45, 7) is -0.441. The molecule has 0 atom stereocenters. The van der Waals surface area contributed by atoms with Crippen LogP contribution in [0.25, 0.3) is 11.1 Å². The van der Waals surface area contributed by atoms with Crippen LogP contribution in [-0.4, -0.2) is 20.7 Å². The maximum atomic E-state index is 13.6. The molecular weight excluding hydrogens is 361 g/mol. The first-order chi connectivity index (χ1) is 12.0. The number of carbonyl (C=O) groups excluding carboxylic acids is 1. The molecular formula is C18H14FNO3S2. The highest BCUT2D eigenvalue weighted by atomic mass is 32.2. The van der Waals surface area contributed by atoms with Gasteiger partial charge in [0.15, 0.2) is 5.78 Å². The SMILES string of the molecule is O=C(CNS(=O)(=O)c1ccccc1F)c1cccc(-c2ccsc2)c1. The van der Waals surface area contributed by atoms with Crippen molar-refractivity contribution in [2.75, 3.05) is 6.54 Å². The van der Waals surface area contributed by atoms with Gasteiger partial charge in [-0.15, -0.1) is 0 Å². The second kappa shape index (κ2) is 7.26. The zero-order valence-corrected chi connectivity index (χ0v) is 14.6. The standard InChI is InChI=1S/C18H14FNO3S2/c19-16-6-1-2-7-18(16)25(22,23)20-11-17(21)14-5-3-4-13(10-14)15-8-9-24-12-15/h1-10,12,20H,11H2. The van der Waals surface area contributed by atoms with Gasteiger partial charge >= 0.3 is 0 Å². The average Bonchev–Trinajstić information content (AvgIpc) is 3.15. The van der Waals surface area contributed by atoms with E-state index in [1.165, 1.54) is 12.1 Å². The largest absolute Gasteiger partial charge is 0.293 e. The van der Waals surface area contributed by atoms with E-state index in [9.17, 15) is 17.6 Å². The first-order valence-corrected chi connectivity index (χ1v) is 9.80. The van der Waals surface area contributed by atoms with Crippen LogP contribution in [0.5, 0.6) is 0 Å². The molecule has 0 spiro atoms. The molecule has 128 valence electrons. The molecule has 3 aromatic rings. The van der Waals surface area contributed by atoms with Crippen LogP contribution in [0, 0.1) is 5.82 Å². The second-order valence-corrected chi connectivity index (χ2v) is 7.79. The minimum absolute atomic E-state index is 0.389. The third-order valence-electron chi connectivity index (χ3n) is 3.59. The van der Waals surface area contributed by atoms with Crippen molar-refractivity contribution in [1.29, 1.82) is 0 Å². The van der Waals surface area contributed by atoms with Crippen LogP contribution in [0.1, 0.15) is 10.4 Å². The van der Waals surface area contributed by atoms with Gasteiger partial charge in [-0.25, -0.2) is 17.5 Å². The van der Waals surface area contributed by atoms with Crippen molar-refractivity contribution in [3.05, 3.63) is 76.7 Å². The summed E-state index contributed by atoms with van der Waals surface area (Å²) in [5, 5.41) is 3.90. The highest BCUT2D eigenvalue weighted by molar-refractivity contribution is 7.89. The quantitative estimate of drug-likeness (QED) is 0.668. The van der Waals surface area contributed by atoms with Gasteiger partial charge in [0.1, 0.15) is 10.7 Å². The summed E-state index contributed by atoms with van der Waals surface area (Å²) < 4.78 is 40.1. The van der Waals surface area contributed by atoms with E-state index >= 15 is 0 Å². The van der Waals surface area contributed by atoms with E-state index in [1.807, 2.05) is 22.9 Å². The number of ketones is 1. The molecule has 0 aliphatic carbocycles. The molecule has 1 heterocycles. The number of sulfonamides is 1. The lowest BCUT2D eigenvalue weighted by molar-refractivity contribution is 0.0997. The van der Waals surface area contributed by atoms with Gasteiger partial charge in [-0.1, -0.05) is 30.3 Å². The molecule has 3 rings (SSSR count). The van der Waals surface area contributed by atoms with E-state index in [0.29, 0.717) is 5.56 Å². The number of hydrogen-bond acceptors (Lipinski definition) is 4. The highest BCUT2D eigenvalue weighted by Gasteiger charge is 2.19. The molecule has 0 fully saturated rings. The highest BCUT2D eigenvalue weighted by Crippen LogP contribution is 2.23. The normalized spacial score (nSPS) is 11.4. The smallest absolute Gasteiger partial charge is 0.243 e. The summed E-state index contributed by atoms with van der Waals surface area (Å²) in [6.07, 6.45) is 0. The Bertz CT molecular complexity index is 999. The van der Waals surface area contributed by atoms with Crippen molar-refractivity contribution < 1.29 is 17.6 Å². The summed E-state index contributed by atoms with van der Waals surface area (Å²) in [4.78, 5) is 11.8. The van der Waals surface area contributed by atoms with Crippen molar-refractivity contribution in [3.8, 4) is 11.1 Å². The third kappa shape index (κ3) is 4.01. The molecule has 2 aromatic carbocycles. The molecule has 0 radical (unpaired) electrons. The summed E-state index contributed by atoms with van der Waals surface area (Å²) in [5.41, 5.74) is 2.26. The molecule has 0 saturated carbocycles. The van der Waals surface area contributed by atoms with Gasteiger partial charge in [-0.3, -0.25) is 4.79 Å². The Labute approximate surface area is 149 Å². The maximum Gasteiger partial charge on any atom is 0.243 e. The fourth-order valence-corrected chi connectivity index (χ4v) is 4.03. The zero-order valence-electron chi connectivity index (χ0n) is 13.0. The lowest BCUT2D eigenvalue weighted by Gasteiger charge is -2.08. The zero-order chi connectivity index (χ0) is 17.9. The van der Waals surface area contributed by atoms with Crippen LogP contribution in [0.4, 0.5) is 4.39 Å². The van der Waals surface area contributed by atoms with Crippen LogP contribution in [-0.2, 0) is 10.0 Å². The van der Waals surface area contributed by atoms with E-state index in [1.54, 1.807) is 29.5 Å². The van der Waals surface area contributed by atoms with Gasteiger partial charge in [0.05, 0.1) is 6.54 Å². The van der Waals surface area contributed by atoms with Gasteiger partial charge in [-0.2, -0.15) is 11.3 Å². The minimum Gasteiger partial charge on any atom is -0.293 e. The summed E-state index contributed by atoms with van der Waals surface area (Å²) in [5.74, 6) is -1.25. The van der Waals surface area contributed by atoms with Crippen LogP contribution < -0.4 is 4.72 Å².